The molecule has 0 saturated heterocycles. The Hall–Kier alpha value is -1.91. The van der Waals surface area contributed by atoms with Crippen molar-refractivity contribution in [1.82, 2.24) is 15.2 Å². The molecule has 0 unspecified atom stereocenters. The fourth-order valence-electron chi connectivity index (χ4n) is 2.26. The molecule has 0 aliphatic heterocycles. The van der Waals surface area contributed by atoms with Gasteiger partial charge in [-0.05, 0) is 24.1 Å². The number of hydrogen-bond donors (Lipinski definition) is 1. The smallest absolute Gasteiger partial charge is 0.120 e. The second-order valence-electron chi connectivity index (χ2n) is 4.61. The van der Waals surface area contributed by atoms with Gasteiger partial charge in [0.2, 0.25) is 0 Å². The van der Waals surface area contributed by atoms with Crippen LogP contribution in [0, 0.1) is 0 Å². The van der Waals surface area contributed by atoms with Crippen molar-refractivity contribution in [2.45, 2.75) is 12.8 Å². The summed E-state index contributed by atoms with van der Waals surface area (Å²) < 4.78 is 0. The maximum Gasteiger partial charge on any atom is 0.120 e. The Morgan fingerprint density at radius 1 is 1.29 bits per heavy atom. The Bertz CT molecular complexity index is 800. The molecule has 1 aromatic carbocycles. The van der Waals surface area contributed by atoms with Crippen LogP contribution >= 0.6 is 23.2 Å². The molecule has 0 radical (unpaired) electrons. The maximum absolute atomic E-state index is 10.6. The molecule has 0 aliphatic carbocycles. The number of aryl methyl sites for hydroxylation is 1. The largest absolute Gasteiger partial charge is 0.303 e. The molecule has 0 atom stereocenters. The van der Waals surface area contributed by atoms with Crippen molar-refractivity contribution in [2.75, 3.05) is 0 Å². The van der Waals surface area contributed by atoms with E-state index < -0.39 is 0 Å². The van der Waals surface area contributed by atoms with Gasteiger partial charge in [0.15, 0.2) is 0 Å². The Kier molecular flexibility index (Phi) is 3.90. The van der Waals surface area contributed by atoms with E-state index >= 15 is 0 Å². The Balaban J connectivity index is 2.28. The first-order chi connectivity index (χ1) is 10.2. The number of hydrogen-bond acceptors (Lipinski definition) is 3. The average molecular weight is 320 g/mol. The number of pyridine rings is 1. The van der Waals surface area contributed by atoms with Gasteiger partial charge in [-0.2, -0.15) is 5.10 Å². The van der Waals surface area contributed by atoms with Gasteiger partial charge in [0.05, 0.1) is 21.8 Å². The van der Waals surface area contributed by atoms with E-state index in [0.717, 1.165) is 28.5 Å². The molecule has 0 spiro atoms. The predicted octanol–water partition coefficient (Wildman–Crippen LogP) is 4.06. The number of benzene rings is 1. The van der Waals surface area contributed by atoms with E-state index in [9.17, 15) is 4.79 Å². The summed E-state index contributed by atoms with van der Waals surface area (Å²) in [7, 11) is 0. The van der Waals surface area contributed by atoms with Crippen molar-refractivity contribution >= 4 is 40.4 Å². The van der Waals surface area contributed by atoms with Crippen LogP contribution in [0.25, 0.3) is 22.0 Å². The molecular formula is C15H11Cl2N3O. The fourth-order valence-corrected chi connectivity index (χ4v) is 2.62. The number of carbonyl (C=O) groups is 1. The molecule has 106 valence electrons. The van der Waals surface area contributed by atoms with Gasteiger partial charge in [0.25, 0.3) is 0 Å². The highest BCUT2D eigenvalue weighted by atomic mass is 35.5. The number of aromatic amines is 1. The van der Waals surface area contributed by atoms with E-state index in [0.29, 0.717) is 28.4 Å². The zero-order chi connectivity index (χ0) is 14.8. The summed E-state index contributed by atoms with van der Waals surface area (Å²) in [5.74, 6) is 0. The molecule has 2 aromatic heterocycles. The van der Waals surface area contributed by atoms with E-state index in [1.807, 2.05) is 12.1 Å². The van der Waals surface area contributed by atoms with Crippen LogP contribution in [0.4, 0.5) is 0 Å². The Morgan fingerprint density at radius 2 is 2.14 bits per heavy atom. The molecule has 21 heavy (non-hydrogen) atoms. The number of carbonyl (C=O) groups excluding carboxylic acids is 1. The van der Waals surface area contributed by atoms with E-state index in [-0.39, 0.29) is 0 Å². The van der Waals surface area contributed by atoms with Crippen LogP contribution in [0.15, 0.2) is 30.6 Å². The van der Waals surface area contributed by atoms with Crippen LogP contribution in [0.3, 0.4) is 0 Å². The van der Waals surface area contributed by atoms with Crippen LogP contribution in [-0.4, -0.2) is 21.5 Å². The van der Waals surface area contributed by atoms with Gasteiger partial charge < -0.3 is 4.79 Å². The SMILES string of the molecule is O=CCCc1cc(-c2cn[nH]c2)c2ccc(Cl)c(Cl)c2n1. The monoisotopic (exact) mass is 319 g/mol. The summed E-state index contributed by atoms with van der Waals surface area (Å²) in [4.78, 5) is 15.1. The van der Waals surface area contributed by atoms with Crippen molar-refractivity contribution < 1.29 is 4.79 Å². The molecule has 6 heteroatoms. The van der Waals surface area contributed by atoms with Gasteiger partial charge in [-0.3, -0.25) is 10.1 Å². The minimum atomic E-state index is 0.418. The standard InChI is InChI=1S/C15H11Cl2N3O/c16-13-4-3-11-12(9-7-18-19-8-9)6-10(2-1-5-21)20-15(11)14(13)17/h3-8H,1-2H2,(H,18,19). The average Bonchev–Trinajstić information content (AvgIpc) is 3.02. The molecule has 3 aromatic rings. The number of aldehydes is 1. The van der Waals surface area contributed by atoms with Gasteiger partial charge in [-0.1, -0.05) is 29.3 Å². The van der Waals surface area contributed by atoms with Crippen molar-refractivity contribution in [3.05, 3.63) is 46.3 Å². The van der Waals surface area contributed by atoms with Crippen molar-refractivity contribution in [1.29, 1.82) is 0 Å². The van der Waals surface area contributed by atoms with E-state index in [1.165, 1.54) is 0 Å². The third kappa shape index (κ3) is 2.64. The van der Waals surface area contributed by atoms with Crippen LogP contribution in [0.5, 0.6) is 0 Å². The lowest BCUT2D eigenvalue weighted by atomic mass is 10.0. The molecule has 0 saturated carbocycles. The van der Waals surface area contributed by atoms with Crippen LogP contribution in [0.2, 0.25) is 10.0 Å². The summed E-state index contributed by atoms with van der Waals surface area (Å²) in [6, 6.07) is 5.60. The topological polar surface area (TPSA) is 58.6 Å². The lowest BCUT2D eigenvalue weighted by molar-refractivity contribution is -0.107. The second-order valence-corrected chi connectivity index (χ2v) is 5.40. The van der Waals surface area contributed by atoms with Gasteiger partial charge in [-0.25, -0.2) is 0 Å². The molecule has 0 bridgehead atoms. The zero-order valence-corrected chi connectivity index (χ0v) is 12.4. The zero-order valence-electron chi connectivity index (χ0n) is 10.9. The van der Waals surface area contributed by atoms with Crippen LogP contribution in [-0.2, 0) is 11.2 Å². The predicted molar refractivity (Wildman–Crippen MR) is 83.7 cm³/mol. The molecule has 0 aliphatic rings. The van der Waals surface area contributed by atoms with E-state index in [2.05, 4.69) is 15.2 Å². The molecule has 0 fully saturated rings. The maximum atomic E-state index is 10.6. The number of nitrogens with one attached hydrogen (secondary N) is 1. The highest BCUT2D eigenvalue weighted by Gasteiger charge is 2.13. The normalized spacial score (nSPS) is 11.0. The van der Waals surface area contributed by atoms with Gasteiger partial charge in [0, 0.05) is 29.3 Å². The number of nitrogens with zero attached hydrogens (tertiary/aromatic N) is 2. The van der Waals surface area contributed by atoms with Crippen LogP contribution in [0.1, 0.15) is 12.1 Å². The number of rotatable bonds is 4. The molecule has 1 N–H and O–H groups in total. The number of fused-ring (bicyclic) bond motifs is 1. The van der Waals surface area contributed by atoms with Gasteiger partial charge in [0.1, 0.15) is 6.29 Å². The van der Waals surface area contributed by atoms with Crippen molar-refractivity contribution in [3.8, 4) is 11.1 Å². The first-order valence-electron chi connectivity index (χ1n) is 6.41. The quantitative estimate of drug-likeness (QED) is 0.737. The summed E-state index contributed by atoms with van der Waals surface area (Å²) in [6.45, 7) is 0. The van der Waals surface area contributed by atoms with Crippen LogP contribution < -0.4 is 0 Å². The van der Waals surface area contributed by atoms with Crippen molar-refractivity contribution in [2.24, 2.45) is 0 Å². The summed E-state index contributed by atoms with van der Waals surface area (Å²) in [6.07, 6.45) is 5.40. The number of H-pyrrole nitrogens is 1. The fraction of sp³-hybridized carbons (Fsp3) is 0.133. The highest BCUT2D eigenvalue weighted by molar-refractivity contribution is 6.45. The van der Waals surface area contributed by atoms with Gasteiger partial charge >= 0.3 is 0 Å². The third-order valence-corrected chi connectivity index (χ3v) is 4.05. The number of halogens is 2. The molecule has 2 heterocycles. The first-order valence-corrected chi connectivity index (χ1v) is 7.16. The number of aromatic nitrogens is 3. The summed E-state index contributed by atoms with van der Waals surface area (Å²) >= 11 is 12.4. The highest BCUT2D eigenvalue weighted by Crippen LogP contribution is 2.35. The Labute approximate surface area is 131 Å². The third-order valence-electron chi connectivity index (χ3n) is 3.25. The minimum Gasteiger partial charge on any atom is -0.303 e. The van der Waals surface area contributed by atoms with Crippen molar-refractivity contribution in [3.63, 3.8) is 0 Å². The summed E-state index contributed by atoms with van der Waals surface area (Å²) in [5.41, 5.74) is 3.35. The van der Waals surface area contributed by atoms with E-state index in [4.69, 9.17) is 23.2 Å². The molecule has 4 nitrogen and oxygen atoms in total. The molecule has 0 amide bonds. The first kappa shape index (κ1) is 14.0. The minimum absolute atomic E-state index is 0.418. The van der Waals surface area contributed by atoms with E-state index in [1.54, 1.807) is 18.5 Å². The lowest BCUT2D eigenvalue weighted by Gasteiger charge is -2.10. The summed E-state index contributed by atoms with van der Waals surface area (Å²) in [5, 5.41) is 8.56. The molecule has 3 rings (SSSR count). The lowest BCUT2D eigenvalue weighted by Crippen LogP contribution is -1.95. The van der Waals surface area contributed by atoms with Gasteiger partial charge in [-0.15, -0.1) is 0 Å². The Morgan fingerprint density at radius 3 is 2.86 bits per heavy atom. The molecular weight excluding hydrogens is 309 g/mol. The second kappa shape index (κ2) is 5.84.